The van der Waals surface area contributed by atoms with E-state index in [1.54, 1.807) is 0 Å². The molecule has 0 bridgehead atoms. The lowest BCUT2D eigenvalue weighted by molar-refractivity contribution is 0.556. The molecule has 3 rings (SSSR count). The van der Waals surface area contributed by atoms with E-state index in [0.717, 1.165) is 30.9 Å². The minimum Gasteiger partial charge on any atom is -0.311 e. The van der Waals surface area contributed by atoms with E-state index >= 15 is 0 Å². The molecule has 0 aliphatic heterocycles. The van der Waals surface area contributed by atoms with Crippen LogP contribution in [0, 0.1) is 0 Å². The predicted molar refractivity (Wildman–Crippen MR) is 85.8 cm³/mol. The molecule has 0 fully saturated rings. The second-order valence-corrected chi connectivity index (χ2v) is 4.99. The molecule has 0 radical (unpaired) electrons. The second-order valence-electron chi connectivity index (χ2n) is 4.99. The van der Waals surface area contributed by atoms with Crippen LogP contribution in [0.1, 0.15) is 5.56 Å². The van der Waals surface area contributed by atoms with Gasteiger partial charge < -0.3 is 5.32 Å². The molecule has 0 aliphatic carbocycles. The summed E-state index contributed by atoms with van der Waals surface area (Å²) in [5.41, 5.74) is 3.50. The summed E-state index contributed by atoms with van der Waals surface area (Å²) in [6.45, 7) is 2.68. The number of benzene rings is 2. The Morgan fingerprint density at radius 2 is 1.57 bits per heavy atom. The molecule has 106 valence electrons. The van der Waals surface area contributed by atoms with Crippen LogP contribution in [-0.4, -0.2) is 16.3 Å². The molecule has 3 aromatic rings. The van der Waals surface area contributed by atoms with Crippen LogP contribution in [0.25, 0.3) is 11.3 Å². The van der Waals surface area contributed by atoms with Gasteiger partial charge in [-0.25, -0.2) is 0 Å². The van der Waals surface area contributed by atoms with Crippen molar-refractivity contribution in [3.05, 3.63) is 78.5 Å². The van der Waals surface area contributed by atoms with E-state index in [-0.39, 0.29) is 0 Å². The van der Waals surface area contributed by atoms with Gasteiger partial charge >= 0.3 is 0 Å². The molecule has 0 amide bonds. The Morgan fingerprint density at radius 3 is 2.33 bits per heavy atom. The van der Waals surface area contributed by atoms with Crippen molar-refractivity contribution in [2.45, 2.75) is 13.1 Å². The zero-order valence-corrected chi connectivity index (χ0v) is 11.9. The summed E-state index contributed by atoms with van der Waals surface area (Å²) >= 11 is 0. The lowest BCUT2D eigenvalue weighted by Gasteiger charge is -2.05. The summed E-state index contributed by atoms with van der Waals surface area (Å²) in [5, 5.41) is 8.04. The Hall–Kier alpha value is -2.39. The van der Waals surface area contributed by atoms with Crippen LogP contribution >= 0.6 is 0 Å². The Kier molecular flexibility index (Phi) is 4.44. The molecule has 0 aliphatic rings. The van der Waals surface area contributed by atoms with Crippen molar-refractivity contribution in [2.75, 3.05) is 6.54 Å². The van der Waals surface area contributed by atoms with Gasteiger partial charge in [0.05, 0.1) is 12.2 Å². The van der Waals surface area contributed by atoms with E-state index < -0.39 is 0 Å². The summed E-state index contributed by atoms with van der Waals surface area (Å²) in [6, 6.07) is 22.8. The van der Waals surface area contributed by atoms with Crippen molar-refractivity contribution in [2.24, 2.45) is 0 Å². The normalized spacial score (nSPS) is 10.7. The van der Waals surface area contributed by atoms with Crippen LogP contribution in [-0.2, 0) is 13.1 Å². The molecular formula is C18H19N3. The average molecular weight is 277 g/mol. The Morgan fingerprint density at radius 1 is 0.857 bits per heavy atom. The topological polar surface area (TPSA) is 29.9 Å². The van der Waals surface area contributed by atoms with E-state index in [1.165, 1.54) is 5.56 Å². The molecule has 0 saturated carbocycles. The third kappa shape index (κ3) is 3.80. The van der Waals surface area contributed by atoms with Gasteiger partial charge in [0, 0.05) is 24.8 Å². The highest BCUT2D eigenvalue weighted by Crippen LogP contribution is 2.15. The van der Waals surface area contributed by atoms with Crippen molar-refractivity contribution in [3.8, 4) is 11.3 Å². The standard InChI is InChI=1S/C18H19N3/c1-3-7-16(8-4-1)15-19-12-14-21-13-11-18(20-21)17-9-5-2-6-10-17/h1-11,13,19H,12,14-15H2. The summed E-state index contributed by atoms with van der Waals surface area (Å²) < 4.78 is 1.99. The number of hydrogen-bond donors (Lipinski definition) is 1. The van der Waals surface area contributed by atoms with E-state index in [9.17, 15) is 0 Å². The Balaban J connectivity index is 1.49. The number of aromatic nitrogens is 2. The molecular weight excluding hydrogens is 258 g/mol. The van der Waals surface area contributed by atoms with Gasteiger partial charge in [-0.15, -0.1) is 0 Å². The van der Waals surface area contributed by atoms with Gasteiger partial charge in [0.1, 0.15) is 0 Å². The number of rotatable bonds is 6. The van der Waals surface area contributed by atoms with E-state index in [2.05, 4.69) is 52.9 Å². The highest BCUT2D eigenvalue weighted by molar-refractivity contribution is 5.57. The average Bonchev–Trinajstić information content (AvgIpc) is 3.02. The van der Waals surface area contributed by atoms with Gasteiger partial charge in [-0.3, -0.25) is 4.68 Å². The quantitative estimate of drug-likeness (QED) is 0.700. The molecule has 21 heavy (non-hydrogen) atoms. The van der Waals surface area contributed by atoms with Gasteiger partial charge in [0.25, 0.3) is 0 Å². The Labute approximate surface area is 125 Å². The fourth-order valence-electron chi connectivity index (χ4n) is 2.27. The largest absolute Gasteiger partial charge is 0.311 e. The van der Waals surface area contributed by atoms with E-state index in [0.29, 0.717) is 0 Å². The lowest BCUT2D eigenvalue weighted by Crippen LogP contribution is -2.19. The Bertz CT molecular complexity index is 659. The highest BCUT2D eigenvalue weighted by atomic mass is 15.3. The third-order valence-electron chi connectivity index (χ3n) is 3.40. The zero-order valence-electron chi connectivity index (χ0n) is 11.9. The molecule has 3 nitrogen and oxygen atoms in total. The fourth-order valence-corrected chi connectivity index (χ4v) is 2.27. The minimum absolute atomic E-state index is 0.875. The predicted octanol–water partition coefficient (Wildman–Crippen LogP) is 3.34. The molecule has 1 N–H and O–H groups in total. The van der Waals surface area contributed by atoms with Crippen molar-refractivity contribution >= 4 is 0 Å². The zero-order chi connectivity index (χ0) is 14.3. The smallest absolute Gasteiger partial charge is 0.0923 e. The number of nitrogens with one attached hydrogen (secondary N) is 1. The van der Waals surface area contributed by atoms with Crippen LogP contribution in [0.2, 0.25) is 0 Å². The van der Waals surface area contributed by atoms with Crippen LogP contribution in [0.5, 0.6) is 0 Å². The van der Waals surface area contributed by atoms with Gasteiger partial charge in [-0.05, 0) is 11.6 Å². The third-order valence-corrected chi connectivity index (χ3v) is 3.40. The molecule has 1 heterocycles. The molecule has 0 saturated heterocycles. The fraction of sp³-hybridized carbons (Fsp3) is 0.167. The highest BCUT2D eigenvalue weighted by Gasteiger charge is 2.01. The first kappa shape index (κ1) is 13.6. The maximum Gasteiger partial charge on any atom is 0.0923 e. The van der Waals surface area contributed by atoms with Crippen LogP contribution in [0.3, 0.4) is 0 Å². The summed E-state index contributed by atoms with van der Waals surface area (Å²) in [5.74, 6) is 0. The molecule has 1 aromatic heterocycles. The van der Waals surface area contributed by atoms with Crippen LogP contribution in [0.15, 0.2) is 72.9 Å². The van der Waals surface area contributed by atoms with Gasteiger partial charge in [0.15, 0.2) is 0 Å². The maximum atomic E-state index is 4.60. The maximum absolute atomic E-state index is 4.60. The van der Waals surface area contributed by atoms with Crippen molar-refractivity contribution in [3.63, 3.8) is 0 Å². The number of nitrogens with zero attached hydrogens (tertiary/aromatic N) is 2. The summed E-state index contributed by atoms with van der Waals surface area (Å²) in [7, 11) is 0. The monoisotopic (exact) mass is 277 g/mol. The van der Waals surface area contributed by atoms with Gasteiger partial charge in [-0.2, -0.15) is 5.10 Å². The summed E-state index contributed by atoms with van der Waals surface area (Å²) in [4.78, 5) is 0. The van der Waals surface area contributed by atoms with Crippen molar-refractivity contribution in [1.29, 1.82) is 0 Å². The van der Waals surface area contributed by atoms with Gasteiger partial charge in [0.2, 0.25) is 0 Å². The first-order valence-corrected chi connectivity index (χ1v) is 7.25. The molecule has 0 atom stereocenters. The molecule has 0 unspecified atom stereocenters. The minimum atomic E-state index is 0.875. The lowest BCUT2D eigenvalue weighted by atomic mass is 10.2. The van der Waals surface area contributed by atoms with Crippen LogP contribution in [0.4, 0.5) is 0 Å². The molecule has 2 aromatic carbocycles. The van der Waals surface area contributed by atoms with E-state index in [1.807, 2.05) is 35.1 Å². The summed E-state index contributed by atoms with van der Waals surface area (Å²) in [6.07, 6.45) is 2.03. The van der Waals surface area contributed by atoms with Crippen molar-refractivity contribution < 1.29 is 0 Å². The number of hydrogen-bond acceptors (Lipinski definition) is 2. The van der Waals surface area contributed by atoms with Crippen LogP contribution < -0.4 is 5.32 Å². The second kappa shape index (κ2) is 6.86. The molecule has 3 heteroatoms. The van der Waals surface area contributed by atoms with E-state index in [4.69, 9.17) is 0 Å². The van der Waals surface area contributed by atoms with Crippen molar-refractivity contribution in [1.82, 2.24) is 15.1 Å². The SMILES string of the molecule is c1ccc(CNCCn2ccc(-c3ccccc3)n2)cc1. The van der Waals surface area contributed by atoms with Gasteiger partial charge in [-0.1, -0.05) is 60.7 Å². The first-order valence-electron chi connectivity index (χ1n) is 7.25. The molecule has 0 spiro atoms. The first-order chi connectivity index (χ1) is 10.4.